The lowest BCUT2D eigenvalue weighted by atomic mass is 10.0. The number of carbonyl (C=O) groups is 1. The van der Waals surface area contributed by atoms with Crippen LogP contribution in [0.25, 0.3) is 6.08 Å². The number of aliphatic hydroxyl groups is 1. The molecular formula is C18H18FNO2. The average Bonchev–Trinajstić information content (AvgIpc) is 2.52. The fourth-order valence-corrected chi connectivity index (χ4v) is 2.42. The van der Waals surface area contributed by atoms with Gasteiger partial charge in [0.15, 0.2) is 0 Å². The number of benzene rings is 2. The van der Waals surface area contributed by atoms with E-state index in [4.69, 9.17) is 0 Å². The van der Waals surface area contributed by atoms with Crippen molar-refractivity contribution < 1.29 is 14.3 Å². The predicted octanol–water partition coefficient (Wildman–Crippen LogP) is 3.55. The zero-order valence-corrected chi connectivity index (χ0v) is 12.6. The highest BCUT2D eigenvalue weighted by atomic mass is 19.1. The van der Waals surface area contributed by atoms with Gasteiger partial charge >= 0.3 is 0 Å². The molecule has 2 aromatic carbocycles. The average molecular weight is 299 g/mol. The van der Waals surface area contributed by atoms with E-state index in [-0.39, 0.29) is 12.2 Å². The maximum atomic E-state index is 14.1. The Kier molecular flexibility index (Phi) is 4.73. The van der Waals surface area contributed by atoms with Crippen LogP contribution in [0.1, 0.15) is 27.0 Å². The number of nitrogens with zero attached hydrogens (tertiary/aromatic N) is 1. The molecule has 0 aliphatic heterocycles. The number of aliphatic hydroxyl groups excluding tert-OH is 1. The van der Waals surface area contributed by atoms with E-state index in [9.17, 15) is 14.3 Å². The van der Waals surface area contributed by atoms with Gasteiger partial charge in [-0.05, 0) is 30.2 Å². The van der Waals surface area contributed by atoms with Crippen molar-refractivity contribution in [3.63, 3.8) is 0 Å². The Labute approximate surface area is 129 Å². The fourth-order valence-electron chi connectivity index (χ4n) is 2.42. The first kappa shape index (κ1) is 15.9. The van der Waals surface area contributed by atoms with Gasteiger partial charge in [-0.1, -0.05) is 36.9 Å². The molecule has 1 amide bonds. The Hall–Kier alpha value is -2.46. The molecule has 0 bridgehead atoms. The lowest BCUT2D eigenvalue weighted by molar-refractivity contribution is 0.0988. The molecule has 3 nitrogen and oxygen atoms in total. The Morgan fingerprint density at radius 3 is 2.64 bits per heavy atom. The summed E-state index contributed by atoms with van der Waals surface area (Å²) in [7, 11) is 1.57. The second-order valence-electron chi connectivity index (χ2n) is 5.00. The third kappa shape index (κ3) is 2.78. The van der Waals surface area contributed by atoms with Crippen molar-refractivity contribution >= 4 is 17.7 Å². The van der Waals surface area contributed by atoms with Crippen LogP contribution in [-0.4, -0.2) is 18.1 Å². The van der Waals surface area contributed by atoms with Crippen molar-refractivity contribution in [2.24, 2.45) is 0 Å². The van der Waals surface area contributed by atoms with E-state index in [1.54, 1.807) is 25.2 Å². The lowest BCUT2D eigenvalue weighted by Gasteiger charge is -2.22. The second kappa shape index (κ2) is 6.54. The van der Waals surface area contributed by atoms with E-state index in [0.717, 1.165) is 5.56 Å². The van der Waals surface area contributed by atoms with Crippen LogP contribution in [0.5, 0.6) is 0 Å². The molecular weight excluding hydrogens is 281 g/mol. The van der Waals surface area contributed by atoms with Gasteiger partial charge in [-0.15, -0.1) is 0 Å². The first-order valence-electron chi connectivity index (χ1n) is 6.89. The van der Waals surface area contributed by atoms with Gasteiger partial charge in [-0.25, -0.2) is 4.39 Å². The summed E-state index contributed by atoms with van der Waals surface area (Å²) in [6, 6.07) is 9.80. The molecule has 0 saturated carbocycles. The van der Waals surface area contributed by atoms with Gasteiger partial charge in [0, 0.05) is 18.3 Å². The topological polar surface area (TPSA) is 40.5 Å². The normalized spacial score (nSPS) is 10.4. The van der Waals surface area contributed by atoms with Gasteiger partial charge in [-0.2, -0.15) is 0 Å². The van der Waals surface area contributed by atoms with E-state index in [1.807, 2.05) is 13.0 Å². The number of hydrogen-bond acceptors (Lipinski definition) is 2. The van der Waals surface area contributed by atoms with E-state index < -0.39 is 11.7 Å². The van der Waals surface area contributed by atoms with Crippen LogP contribution in [-0.2, 0) is 6.61 Å². The zero-order valence-electron chi connectivity index (χ0n) is 12.6. The Morgan fingerprint density at radius 1 is 1.32 bits per heavy atom. The molecule has 0 atom stereocenters. The standard InChI is InChI=1S/C18H18FNO2/c1-4-13-8-6-9-15(19)17(13)18(22)20(3)16-10-5-7-12(2)14(16)11-21/h4-10,21H,1,11H2,2-3H3. The molecule has 4 heteroatoms. The predicted molar refractivity (Wildman–Crippen MR) is 86.3 cm³/mol. The van der Waals surface area contributed by atoms with Crippen LogP contribution in [0.4, 0.5) is 10.1 Å². The van der Waals surface area contributed by atoms with Gasteiger partial charge in [0.1, 0.15) is 5.82 Å². The molecule has 0 unspecified atom stereocenters. The van der Waals surface area contributed by atoms with E-state index >= 15 is 0 Å². The first-order chi connectivity index (χ1) is 10.5. The summed E-state index contributed by atoms with van der Waals surface area (Å²) in [6.07, 6.45) is 1.45. The number of anilines is 1. The molecule has 2 aromatic rings. The van der Waals surface area contributed by atoms with Crippen molar-refractivity contribution in [2.75, 3.05) is 11.9 Å². The molecule has 0 aliphatic carbocycles. The maximum absolute atomic E-state index is 14.1. The molecule has 0 fully saturated rings. The lowest BCUT2D eigenvalue weighted by Crippen LogP contribution is -2.29. The van der Waals surface area contributed by atoms with Crippen molar-refractivity contribution in [3.05, 3.63) is 71.0 Å². The molecule has 114 valence electrons. The van der Waals surface area contributed by atoms with Crippen molar-refractivity contribution in [1.82, 2.24) is 0 Å². The SMILES string of the molecule is C=Cc1cccc(F)c1C(=O)N(C)c1cccc(C)c1CO. The number of carbonyl (C=O) groups excluding carboxylic acids is 1. The van der Waals surface area contributed by atoms with Gasteiger partial charge in [0.25, 0.3) is 5.91 Å². The number of amides is 1. The molecule has 0 radical (unpaired) electrons. The summed E-state index contributed by atoms with van der Waals surface area (Å²) in [6.45, 7) is 5.28. The van der Waals surface area contributed by atoms with Crippen LogP contribution < -0.4 is 4.90 Å². The first-order valence-corrected chi connectivity index (χ1v) is 6.89. The van der Waals surface area contributed by atoms with Gasteiger partial charge in [0.05, 0.1) is 12.2 Å². The molecule has 1 N–H and O–H groups in total. The molecule has 0 saturated heterocycles. The summed E-state index contributed by atoms with van der Waals surface area (Å²) in [5.74, 6) is -1.07. The smallest absolute Gasteiger partial charge is 0.261 e. The Morgan fingerprint density at radius 2 is 2.00 bits per heavy atom. The van der Waals surface area contributed by atoms with E-state index in [0.29, 0.717) is 16.8 Å². The molecule has 2 rings (SSSR count). The number of rotatable bonds is 4. The van der Waals surface area contributed by atoms with Crippen LogP contribution in [0, 0.1) is 12.7 Å². The van der Waals surface area contributed by atoms with Gasteiger partial charge < -0.3 is 10.0 Å². The minimum absolute atomic E-state index is 0.0228. The van der Waals surface area contributed by atoms with Crippen molar-refractivity contribution in [2.45, 2.75) is 13.5 Å². The van der Waals surface area contributed by atoms with Gasteiger partial charge in [0.2, 0.25) is 0 Å². The highest BCUT2D eigenvalue weighted by Gasteiger charge is 2.22. The number of aryl methyl sites for hydroxylation is 1. The third-order valence-corrected chi connectivity index (χ3v) is 3.69. The monoisotopic (exact) mass is 299 g/mol. The summed E-state index contributed by atoms with van der Waals surface area (Å²) < 4.78 is 14.1. The minimum Gasteiger partial charge on any atom is -0.392 e. The molecule has 0 heterocycles. The van der Waals surface area contributed by atoms with Crippen LogP contribution in [0.3, 0.4) is 0 Å². The Balaban J connectivity index is 2.51. The summed E-state index contributed by atoms with van der Waals surface area (Å²) in [5, 5.41) is 9.53. The zero-order chi connectivity index (χ0) is 16.3. The minimum atomic E-state index is -0.590. The van der Waals surface area contributed by atoms with Crippen LogP contribution >= 0.6 is 0 Å². The van der Waals surface area contributed by atoms with Crippen molar-refractivity contribution in [3.8, 4) is 0 Å². The van der Waals surface area contributed by atoms with E-state index in [2.05, 4.69) is 6.58 Å². The summed E-state index contributed by atoms with van der Waals surface area (Å²) in [5.41, 5.74) is 2.50. The highest BCUT2D eigenvalue weighted by molar-refractivity contribution is 6.08. The van der Waals surface area contributed by atoms with Crippen LogP contribution in [0.15, 0.2) is 43.0 Å². The van der Waals surface area contributed by atoms with E-state index in [1.165, 1.54) is 23.1 Å². The Bertz CT molecular complexity index is 725. The fraction of sp³-hybridized carbons (Fsp3) is 0.167. The van der Waals surface area contributed by atoms with Crippen molar-refractivity contribution in [1.29, 1.82) is 0 Å². The van der Waals surface area contributed by atoms with Crippen LogP contribution in [0.2, 0.25) is 0 Å². The highest BCUT2D eigenvalue weighted by Crippen LogP contribution is 2.26. The molecule has 0 spiro atoms. The molecule has 0 aliphatic rings. The second-order valence-corrected chi connectivity index (χ2v) is 5.00. The summed E-state index contributed by atoms with van der Waals surface area (Å²) >= 11 is 0. The number of hydrogen-bond donors (Lipinski definition) is 1. The molecule has 0 aromatic heterocycles. The summed E-state index contributed by atoms with van der Waals surface area (Å²) in [4.78, 5) is 14.0. The number of halogens is 1. The molecule has 22 heavy (non-hydrogen) atoms. The van der Waals surface area contributed by atoms with Gasteiger partial charge in [-0.3, -0.25) is 4.79 Å². The quantitative estimate of drug-likeness (QED) is 0.938. The largest absolute Gasteiger partial charge is 0.392 e. The third-order valence-electron chi connectivity index (χ3n) is 3.69. The maximum Gasteiger partial charge on any atom is 0.261 e.